The number of carbonyl (C=O) groups excluding carboxylic acids is 4. The van der Waals surface area contributed by atoms with Crippen molar-refractivity contribution in [3.05, 3.63) is 107 Å². The molecule has 0 radical (unpaired) electrons. The third kappa shape index (κ3) is 7.25. The van der Waals surface area contributed by atoms with Crippen LogP contribution in [0.25, 0.3) is 10.8 Å². The molecule has 10 nitrogen and oxygen atoms in total. The highest BCUT2D eigenvalue weighted by atomic mass is 16.6. The molecule has 4 aromatic carbocycles. The Kier molecular flexibility index (Phi) is 9.56. The minimum atomic E-state index is -0.625. The van der Waals surface area contributed by atoms with E-state index in [0.717, 1.165) is 23.6 Å². The number of ether oxygens (including phenoxy) is 6. The quantitative estimate of drug-likeness (QED) is 0.125. The zero-order valence-corrected chi connectivity index (χ0v) is 26.8. The molecule has 0 aromatic heterocycles. The third-order valence-electron chi connectivity index (χ3n) is 9.02. The Balaban J connectivity index is 1.06. The van der Waals surface area contributed by atoms with Crippen molar-refractivity contribution < 1.29 is 47.6 Å². The Morgan fingerprint density at radius 1 is 0.542 bits per heavy atom. The van der Waals surface area contributed by atoms with Gasteiger partial charge in [0.1, 0.15) is 24.7 Å². The van der Waals surface area contributed by atoms with E-state index in [-0.39, 0.29) is 46.3 Å². The second-order valence-corrected chi connectivity index (χ2v) is 12.5. The van der Waals surface area contributed by atoms with Crippen LogP contribution >= 0.6 is 0 Å². The molecule has 2 fully saturated rings. The standard InChI is InChI=1S/C38H36O10/c1-3-37(19-43-20-37)23-45-33(39)27-7-5-9-29(15-27)35(41)47-31-13-11-26-18-32(14-12-25(26)17-31)48-36(42)30-10-6-8-28(16-30)34(40)46-24-38(4-2)21-44-22-38/h5-18H,3-4,19-24H2,1-2H3. The van der Waals surface area contributed by atoms with Gasteiger partial charge in [0.05, 0.1) is 59.5 Å². The molecule has 0 atom stereocenters. The average Bonchev–Trinajstić information content (AvgIpc) is 3.07. The highest BCUT2D eigenvalue weighted by Crippen LogP contribution is 2.33. The molecule has 0 bridgehead atoms. The van der Waals surface area contributed by atoms with Gasteiger partial charge in [0.25, 0.3) is 0 Å². The van der Waals surface area contributed by atoms with E-state index < -0.39 is 23.9 Å². The van der Waals surface area contributed by atoms with Crippen molar-refractivity contribution in [3.8, 4) is 11.5 Å². The van der Waals surface area contributed by atoms with E-state index in [1.54, 1.807) is 72.8 Å². The first-order chi connectivity index (χ1) is 23.2. The predicted octanol–water partition coefficient (Wildman–Crippen LogP) is 6.45. The van der Waals surface area contributed by atoms with Gasteiger partial charge in [-0.2, -0.15) is 0 Å². The molecule has 0 spiro atoms. The Hall–Kier alpha value is -5.06. The minimum absolute atomic E-state index is 0.141. The molecule has 0 aliphatic carbocycles. The molecule has 4 aromatic rings. The Labute approximate surface area is 277 Å². The second kappa shape index (κ2) is 14.0. The summed E-state index contributed by atoms with van der Waals surface area (Å²) in [5.41, 5.74) is 0.647. The first-order valence-electron chi connectivity index (χ1n) is 15.9. The monoisotopic (exact) mass is 652 g/mol. The number of esters is 4. The molecule has 2 saturated heterocycles. The van der Waals surface area contributed by atoms with E-state index in [2.05, 4.69) is 0 Å². The van der Waals surface area contributed by atoms with Gasteiger partial charge < -0.3 is 28.4 Å². The van der Waals surface area contributed by atoms with Crippen molar-refractivity contribution in [2.24, 2.45) is 10.8 Å². The van der Waals surface area contributed by atoms with E-state index in [9.17, 15) is 19.2 Å². The maximum atomic E-state index is 12.9. The van der Waals surface area contributed by atoms with Crippen LogP contribution in [0.15, 0.2) is 84.9 Å². The fourth-order valence-electron chi connectivity index (χ4n) is 5.37. The number of hydrogen-bond donors (Lipinski definition) is 0. The number of carbonyl (C=O) groups is 4. The largest absolute Gasteiger partial charge is 0.461 e. The first-order valence-corrected chi connectivity index (χ1v) is 15.9. The van der Waals surface area contributed by atoms with Crippen LogP contribution in [0.2, 0.25) is 0 Å². The van der Waals surface area contributed by atoms with Crippen LogP contribution < -0.4 is 9.47 Å². The SMILES string of the molecule is CCC1(COC(=O)c2cccc(C(=O)Oc3ccc4cc(OC(=O)c5cccc(C(=O)OCC6(CC)COC6)c5)ccc4c3)c2)COC1. The molecule has 6 rings (SSSR count). The zero-order valence-electron chi connectivity index (χ0n) is 26.8. The average molecular weight is 653 g/mol. The van der Waals surface area contributed by atoms with Crippen LogP contribution in [0.1, 0.15) is 68.1 Å². The molecular formula is C38H36O10. The van der Waals surface area contributed by atoms with Crippen molar-refractivity contribution in [2.75, 3.05) is 39.6 Å². The van der Waals surface area contributed by atoms with E-state index in [1.807, 2.05) is 13.8 Å². The maximum Gasteiger partial charge on any atom is 0.343 e. The number of rotatable bonds is 12. The highest BCUT2D eigenvalue weighted by Gasteiger charge is 2.39. The van der Waals surface area contributed by atoms with Gasteiger partial charge in [0.2, 0.25) is 0 Å². The molecule has 2 heterocycles. The van der Waals surface area contributed by atoms with Crippen molar-refractivity contribution in [1.29, 1.82) is 0 Å². The lowest BCUT2D eigenvalue weighted by Gasteiger charge is -2.39. The summed E-state index contributed by atoms with van der Waals surface area (Å²) in [7, 11) is 0. The molecule has 0 N–H and O–H groups in total. The van der Waals surface area contributed by atoms with Crippen LogP contribution in [0, 0.1) is 10.8 Å². The fraction of sp³-hybridized carbons (Fsp3) is 0.316. The smallest absolute Gasteiger partial charge is 0.343 e. The Morgan fingerprint density at radius 2 is 0.917 bits per heavy atom. The molecular weight excluding hydrogens is 616 g/mol. The number of benzene rings is 4. The van der Waals surface area contributed by atoms with E-state index in [4.69, 9.17) is 28.4 Å². The summed E-state index contributed by atoms with van der Waals surface area (Å²) in [4.78, 5) is 51.2. The highest BCUT2D eigenvalue weighted by molar-refractivity contribution is 5.98. The third-order valence-corrected chi connectivity index (χ3v) is 9.02. The first kappa shape index (κ1) is 32.9. The normalized spacial score (nSPS) is 15.8. The van der Waals surface area contributed by atoms with Crippen molar-refractivity contribution in [3.63, 3.8) is 0 Å². The molecule has 2 aliphatic heterocycles. The molecule has 0 saturated carbocycles. The van der Waals surface area contributed by atoms with E-state index >= 15 is 0 Å². The van der Waals surface area contributed by atoms with Gasteiger partial charge in [-0.1, -0.05) is 38.1 Å². The number of hydrogen-bond acceptors (Lipinski definition) is 10. The summed E-state index contributed by atoms with van der Waals surface area (Å²) >= 11 is 0. The lowest BCUT2D eigenvalue weighted by atomic mass is 9.84. The van der Waals surface area contributed by atoms with Crippen LogP contribution in [0.4, 0.5) is 0 Å². The van der Waals surface area contributed by atoms with Crippen molar-refractivity contribution in [2.45, 2.75) is 26.7 Å². The van der Waals surface area contributed by atoms with Crippen LogP contribution in [0.5, 0.6) is 11.5 Å². The van der Waals surface area contributed by atoms with Gasteiger partial charge in [-0.25, -0.2) is 19.2 Å². The van der Waals surface area contributed by atoms with Crippen molar-refractivity contribution >= 4 is 34.6 Å². The summed E-state index contributed by atoms with van der Waals surface area (Å²) in [5, 5.41) is 1.49. The second-order valence-electron chi connectivity index (χ2n) is 12.5. The van der Waals surface area contributed by atoms with Gasteiger partial charge in [-0.05, 0) is 84.3 Å². The lowest BCUT2D eigenvalue weighted by molar-refractivity contribution is -0.140. The summed E-state index contributed by atoms with van der Waals surface area (Å²) in [6, 6.07) is 22.5. The van der Waals surface area contributed by atoms with E-state index in [1.165, 1.54) is 12.1 Å². The van der Waals surface area contributed by atoms with Crippen LogP contribution in [-0.2, 0) is 18.9 Å². The molecule has 2 aliphatic rings. The van der Waals surface area contributed by atoms with Crippen LogP contribution in [0.3, 0.4) is 0 Å². The topological polar surface area (TPSA) is 124 Å². The van der Waals surface area contributed by atoms with Gasteiger partial charge in [-0.15, -0.1) is 0 Å². The lowest BCUT2D eigenvalue weighted by Crippen LogP contribution is -2.46. The molecule has 0 amide bonds. The summed E-state index contributed by atoms with van der Waals surface area (Å²) in [6.07, 6.45) is 1.69. The van der Waals surface area contributed by atoms with Gasteiger partial charge in [-0.3, -0.25) is 0 Å². The molecule has 248 valence electrons. The molecule has 0 unspecified atom stereocenters. The Bertz CT molecular complexity index is 1710. The van der Waals surface area contributed by atoms with Gasteiger partial charge in [0.15, 0.2) is 0 Å². The molecule has 48 heavy (non-hydrogen) atoms. The zero-order chi connectivity index (χ0) is 33.7. The molecule has 10 heteroatoms. The van der Waals surface area contributed by atoms with Gasteiger partial charge in [0, 0.05) is 0 Å². The van der Waals surface area contributed by atoms with E-state index in [0.29, 0.717) is 37.9 Å². The summed E-state index contributed by atoms with van der Waals surface area (Å²) in [6.45, 7) is 6.83. The van der Waals surface area contributed by atoms with Crippen LogP contribution in [-0.4, -0.2) is 63.5 Å². The van der Waals surface area contributed by atoms with Gasteiger partial charge >= 0.3 is 23.9 Å². The maximum absolute atomic E-state index is 12.9. The Morgan fingerprint density at radius 3 is 1.25 bits per heavy atom. The predicted molar refractivity (Wildman–Crippen MR) is 174 cm³/mol. The fourth-order valence-corrected chi connectivity index (χ4v) is 5.37. The van der Waals surface area contributed by atoms with Crippen molar-refractivity contribution in [1.82, 2.24) is 0 Å². The number of fused-ring (bicyclic) bond motifs is 1. The summed E-state index contributed by atoms with van der Waals surface area (Å²) < 4.78 is 32.8. The minimum Gasteiger partial charge on any atom is -0.461 e. The summed E-state index contributed by atoms with van der Waals surface area (Å²) in [5.74, 6) is -1.67.